The maximum Gasteiger partial charge on any atom is 0.232 e. The van der Waals surface area contributed by atoms with E-state index in [0.717, 1.165) is 29.9 Å². The van der Waals surface area contributed by atoms with Gasteiger partial charge in [0.05, 0.1) is 11.9 Å². The Kier molecular flexibility index (Phi) is 7.54. The van der Waals surface area contributed by atoms with Gasteiger partial charge < -0.3 is 10.2 Å². The third-order valence-corrected chi connectivity index (χ3v) is 6.71. The summed E-state index contributed by atoms with van der Waals surface area (Å²) in [6.45, 7) is 3.69. The fraction of sp³-hybridized carbons (Fsp3) is 0.435. The number of fused-ring (bicyclic) bond motifs is 1. The summed E-state index contributed by atoms with van der Waals surface area (Å²) in [5.74, 6) is -0.730. The van der Waals surface area contributed by atoms with Crippen molar-refractivity contribution in [2.45, 2.75) is 38.6 Å². The highest BCUT2D eigenvalue weighted by molar-refractivity contribution is 7.92. The molecule has 0 saturated carbocycles. The van der Waals surface area contributed by atoms with Gasteiger partial charge in [-0.25, -0.2) is 12.8 Å². The third kappa shape index (κ3) is 5.97. The molecule has 1 aliphatic heterocycles. The van der Waals surface area contributed by atoms with Crippen LogP contribution in [-0.2, 0) is 21.2 Å². The topological polar surface area (TPSA) is 69.7 Å². The van der Waals surface area contributed by atoms with E-state index in [4.69, 9.17) is 0 Å². The average molecular weight is 448 g/mol. The predicted molar refractivity (Wildman–Crippen MR) is 122 cm³/mol. The molecule has 0 fully saturated rings. The van der Waals surface area contributed by atoms with Crippen molar-refractivity contribution in [3.05, 3.63) is 59.9 Å². The van der Waals surface area contributed by atoms with Crippen molar-refractivity contribution in [1.29, 1.82) is 0 Å². The molecule has 1 N–H and O–H groups in total. The van der Waals surface area contributed by atoms with Gasteiger partial charge >= 0.3 is 0 Å². The number of hydrogen-bond acceptors (Lipinski definition) is 4. The number of carbonyl (C=O) groups excluding carboxylic acids is 1. The van der Waals surface area contributed by atoms with Gasteiger partial charge in [-0.15, -0.1) is 0 Å². The number of carbonyl (C=O) groups is 1. The van der Waals surface area contributed by atoms with Crippen molar-refractivity contribution in [2.75, 3.05) is 35.1 Å². The summed E-state index contributed by atoms with van der Waals surface area (Å²) in [6, 6.07) is 14.6. The largest absolute Gasteiger partial charge is 0.368 e. The Labute approximate surface area is 184 Å². The number of hydrogen-bond donors (Lipinski definition) is 1. The van der Waals surface area contributed by atoms with Crippen LogP contribution < -0.4 is 14.5 Å². The van der Waals surface area contributed by atoms with Crippen LogP contribution in [0.4, 0.5) is 15.8 Å². The van der Waals surface area contributed by atoms with E-state index in [1.807, 2.05) is 6.07 Å². The number of halogens is 1. The van der Waals surface area contributed by atoms with E-state index in [-0.39, 0.29) is 24.6 Å². The van der Waals surface area contributed by atoms with Crippen molar-refractivity contribution in [1.82, 2.24) is 5.32 Å². The van der Waals surface area contributed by atoms with E-state index >= 15 is 0 Å². The van der Waals surface area contributed by atoms with E-state index in [2.05, 4.69) is 35.3 Å². The molecule has 0 spiro atoms. The summed E-state index contributed by atoms with van der Waals surface area (Å²) in [4.78, 5) is 14.5. The molecule has 1 amide bonds. The smallest absolute Gasteiger partial charge is 0.232 e. The van der Waals surface area contributed by atoms with Gasteiger partial charge in [-0.1, -0.05) is 30.3 Å². The van der Waals surface area contributed by atoms with E-state index < -0.39 is 15.8 Å². The minimum Gasteiger partial charge on any atom is -0.368 e. The molecule has 0 saturated heterocycles. The molecular weight excluding hydrogens is 417 g/mol. The average Bonchev–Trinajstić information content (AvgIpc) is 3.03. The fourth-order valence-electron chi connectivity index (χ4n) is 4.04. The number of sulfonamides is 1. The Balaban J connectivity index is 1.42. The molecule has 1 heterocycles. The zero-order chi connectivity index (χ0) is 22.4. The Morgan fingerprint density at radius 3 is 2.61 bits per heavy atom. The van der Waals surface area contributed by atoms with E-state index in [1.165, 1.54) is 29.4 Å². The van der Waals surface area contributed by atoms with Crippen LogP contribution in [0.15, 0.2) is 48.5 Å². The Morgan fingerprint density at radius 1 is 1.16 bits per heavy atom. The van der Waals surface area contributed by atoms with Crippen molar-refractivity contribution >= 4 is 27.3 Å². The lowest BCUT2D eigenvalue weighted by atomic mass is 10.1. The van der Waals surface area contributed by atoms with Crippen LogP contribution in [0.5, 0.6) is 0 Å². The lowest BCUT2D eigenvalue weighted by molar-refractivity contribution is -0.121. The SMILES string of the molecule is CC1Cc2ccccc2N1CCCNC(=O)CCCN(c1ccccc1F)S(C)(=O)=O. The van der Waals surface area contributed by atoms with Crippen LogP contribution in [0.2, 0.25) is 0 Å². The molecule has 0 bridgehead atoms. The van der Waals surface area contributed by atoms with E-state index in [0.29, 0.717) is 19.0 Å². The number of anilines is 2. The van der Waals surface area contributed by atoms with Gasteiger partial charge in [-0.05, 0) is 49.9 Å². The third-order valence-electron chi connectivity index (χ3n) is 5.53. The molecule has 6 nitrogen and oxygen atoms in total. The van der Waals surface area contributed by atoms with E-state index in [1.54, 1.807) is 6.07 Å². The van der Waals surface area contributed by atoms with Gasteiger partial charge in [0.15, 0.2) is 0 Å². The first-order valence-electron chi connectivity index (χ1n) is 10.6. The van der Waals surface area contributed by atoms with Crippen LogP contribution in [0.1, 0.15) is 31.7 Å². The van der Waals surface area contributed by atoms with E-state index in [9.17, 15) is 17.6 Å². The monoisotopic (exact) mass is 447 g/mol. The fourth-order valence-corrected chi connectivity index (χ4v) is 5.00. The molecule has 2 aromatic carbocycles. The lowest BCUT2D eigenvalue weighted by Crippen LogP contribution is -2.34. The van der Waals surface area contributed by atoms with Crippen molar-refractivity contribution in [2.24, 2.45) is 0 Å². The van der Waals surface area contributed by atoms with Gasteiger partial charge in [-0.2, -0.15) is 0 Å². The molecule has 1 aliphatic rings. The normalized spacial score (nSPS) is 15.6. The molecule has 8 heteroatoms. The number of rotatable bonds is 10. The maximum atomic E-state index is 14.0. The molecule has 0 radical (unpaired) electrons. The number of amides is 1. The highest BCUT2D eigenvalue weighted by atomic mass is 32.2. The van der Waals surface area contributed by atoms with Crippen LogP contribution in [-0.4, -0.2) is 46.3 Å². The quantitative estimate of drug-likeness (QED) is 0.567. The van der Waals surface area contributed by atoms with Crippen LogP contribution in [0, 0.1) is 5.82 Å². The first kappa shape index (κ1) is 23.1. The Bertz CT molecular complexity index is 1010. The lowest BCUT2D eigenvalue weighted by Gasteiger charge is -2.25. The first-order chi connectivity index (χ1) is 14.8. The summed E-state index contributed by atoms with van der Waals surface area (Å²) >= 11 is 0. The highest BCUT2D eigenvalue weighted by Crippen LogP contribution is 2.31. The molecule has 168 valence electrons. The predicted octanol–water partition coefficient (Wildman–Crippen LogP) is 3.33. The number of para-hydroxylation sites is 2. The molecule has 1 unspecified atom stereocenters. The molecular formula is C23H30FN3O3S. The second-order valence-corrected chi connectivity index (χ2v) is 9.88. The Hall–Kier alpha value is -2.61. The number of benzene rings is 2. The summed E-state index contributed by atoms with van der Waals surface area (Å²) in [7, 11) is -3.64. The highest BCUT2D eigenvalue weighted by Gasteiger charge is 2.24. The standard InChI is InChI=1S/C23H30FN3O3S/c1-18-17-19-9-3-5-11-21(19)26(18)15-8-14-25-23(28)13-7-16-27(31(2,29)30)22-12-6-4-10-20(22)24/h3-6,9-12,18H,7-8,13-17H2,1-2H3,(H,25,28). The minimum atomic E-state index is -3.64. The molecule has 1 atom stereocenters. The maximum absolute atomic E-state index is 14.0. The summed E-state index contributed by atoms with van der Waals surface area (Å²) in [5, 5.41) is 2.90. The second kappa shape index (κ2) is 10.1. The van der Waals surface area contributed by atoms with Crippen molar-refractivity contribution < 1.29 is 17.6 Å². The zero-order valence-electron chi connectivity index (χ0n) is 18.1. The number of nitrogens with zero attached hydrogens (tertiary/aromatic N) is 2. The summed E-state index contributed by atoms with van der Waals surface area (Å²) in [6.07, 6.45) is 3.40. The van der Waals surface area contributed by atoms with Gasteiger partial charge in [0, 0.05) is 37.8 Å². The van der Waals surface area contributed by atoms with Crippen LogP contribution in [0.3, 0.4) is 0 Å². The van der Waals surface area contributed by atoms with Gasteiger partial charge in [-0.3, -0.25) is 9.10 Å². The van der Waals surface area contributed by atoms with Crippen molar-refractivity contribution in [3.63, 3.8) is 0 Å². The minimum absolute atomic E-state index is 0.00502. The summed E-state index contributed by atoms with van der Waals surface area (Å²) in [5.41, 5.74) is 2.64. The zero-order valence-corrected chi connectivity index (χ0v) is 18.9. The van der Waals surface area contributed by atoms with Crippen LogP contribution in [0.25, 0.3) is 0 Å². The van der Waals surface area contributed by atoms with Gasteiger partial charge in [0.2, 0.25) is 15.9 Å². The molecule has 31 heavy (non-hydrogen) atoms. The molecule has 3 rings (SSSR count). The second-order valence-electron chi connectivity index (χ2n) is 7.97. The van der Waals surface area contributed by atoms with Crippen LogP contribution >= 0.6 is 0 Å². The molecule has 0 aliphatic carbocycles. The number of nitrogens with one attached hydrogen (secondary N) is 1. The summed E-state index contributed by atoms with van der Waals surface area (Å²) < 4.78 is 39.2. The molecule has 2 aromatic rings. The Morgan fingerprint density at radius 2 is 1.87 bits per heavy atom. The molecule has 0 aromatic heterocycles. The first-order valence-corrected chi connectivity index (χ1v) is 12.5. The van der Waals surface area contributed by atoms with Gasteiger partial charge in [0.1, 0.15) is 5.82 Å². The van der Waals surface area contributed by atoms with Crippen molar-refractivity contribution in [3.8, 4) is 0 Å². The van der Waals surface area contributed by atoms with Gasteiger partial charge in [0.25, 0.3) is 0 Å².